The predicted octanol–water partition coefficient (Wildman–Crippen LogP) is 2.69. The minimum atomic E-state index is -0.653. The number of anilines is 1. The second kappa shape index (κ2) is 6.36. The summed E-state index contributed by atoms with van der Waals surface area (Å²) in [5.74, 6) is -0.0560. The molecular formula is C14H19N3O3. The highest BCUT2D eigenvalue weighted by molar-refractivity contribution is 5.99. The molecule has 0 aromatic heterocycles. The first-order chi connectivity index (χ1) is 9.58. The molecule has 3 N–H and O–H groups in total. The molecule has 6 nitrogen and oxygen atoms in total. The fourth-order valence-electron chi connectivity index (χ4n) is 2.65. The van der Waals surface area contributed by atoms with Gasteiger partial charge in [0.2, 0.25) is 0 Å². The smallest absolute Gasteiger partial charge is 0.270 e. The van der Waals surface area contributed by atoms with Gasteiger partial charge in [-0.3, -0.25) is 14.9 Å². The average molecular weight is 277 g/mol. The molecule has 0 bridgehead atoms. The van der Waals surface area contributed by atoms with Gasteiger partial charge in [0.15, 0.2) is 0 Å². The van der Waals surface area contributed by atoms with E-state index in [4.69, 9.17) is 5.73 Å². The van der Waals surface area contributed by atoms with Crippen LogP contribution in [0.2, 0.25) is 0 Å². The Hall–Kier alpha value is -2.11. The summed E-state index contributed by atoms with van der Waals surface area (Å²) >= 11 is 0. The number of nitro groups is 1. The Morgan fingerprint density at radius 2 is 2.05 bits per heavy atom. The Bertz CT molecular complexity index is 510. The van der Waals surface area contributed by atoms with Crippen LogP contribution in [0.4, 0.5) is 11.4 Å². The van der Waals surface area contributed by atoms with Crippen LogP contribution in [0.1, 0.15) is 42.5 Å². The molecule has 1 fully saturated rings. The SMILES string of the molecule is NC(=O)c1cc([N+](=O)[O-])ccc1NCC1CCCCC1. The van der Waals surface area contributed by atoms with Crippen LogP contribution in [0.3, 0.4) is 0 Å². The number of hydrogen-bond acceptors (Lipinski definition) is 4. The molecule has 0 heterocycles. The summed E-state index contributed by atoms with van der Waals surface area (Å²) in [4.78, 5) is 21.6. The molecule has 108 valence electrons. The lowest BCUT2D eigenvalue weighted by atomic mass is 9.89. The third-order valence-corrected chi connectivity index (χ3v) is 3.79. The maximum absolute atomic E-state index is 11.4. The zero-order valence-corrected chi connectivity index (χ0v) is 11.3. The van der Waals surface area contributed by atoms with E-state index in [-0.39, 0.29) is 11.3 Å². The van der Waals surface area contributed by atoms with Gasteiger partial charge in [0.25, 0.3) is 11.6 Å². The van der Waals surface area contributed by atoms with Crippen molar-refractivity contribution in [3.8, 4) is 0 Å². The van der Waals surface area contributed by atoms with Crippen molar-refractivity contribution in [3.05, 3.63) is 33.9 Å². The molecule has 6 heteroatoms. The number of nitrogens with one attached hydrogen (secondary N) is 1. The van der Waals surface area contributed by atoms with Crippen LogP contribution in [0.15, 0.2) is 18.2 Å². The Kier molecular flexibility index (Phi) is 4.55. The van der Waals surface area contributed by atoms with E-state index in [1.807, 2.05) is 0 Å². The minimum absolute atomic E-state index is 0.123. The monoisotopic (exact) mass is 277 g/mol. The molecule has 1 aromatic carbocycles. The number of carbonyl (C=O) groups excluding carboxylic acids is 1. The van der Waals surface area contributed by atoms with E-state index in [1.54, 1.807) is 6.07 Å². The van der Waals surface area contributed by atoms with Crippen molar-refractivity contribution in [2.75, 3.05) is 11.9 Å². The van der Waals surface area contributed by atoms with Crippen LogP contribution in [0, 0.1) is 16.0 Å². The Morgan fingerprint density at radius 3 is 2.65 bits per heavy atom. The Balaban J connectivity index is 2.09. The van der Waals surface area contributed by atoms with E-state index in [2.05, 4.69) is 5.32 Å². The highest BCUT2D eigenvalue weighted by atomic mass is 16.6. The molecule has 1 aromatic rings. The first-order valence-corrected chi connectivity index (χ1v) is 6.90. The number of hydrogen-bond donors (Lipinski definition) is 2. The summed E-state index contributed by atoms with van der Waals surface area (Å²) in [5.41, 5.74) is 5.92. The molecule has 1 amide bonds. The van der Waals surface area contributed by atoms with Gasteiger partial charge in [-0.2, -0.15) is 0 Å². The molecule has 0 radical (unpaired) electrons. The number of carbonyl (C=O) groups is 1. The average Bonchev–Trinajstić information content (AvgIpc) is 2.45. The molecule has 0 aliphatic heterocycles. The van der Waals surface area contributed by atoms with Crippen molar-refractivity contribution in [1.29, 1.82) is 0 Å². The summed E-state index contributed by atoms with van der Waals surface area (Å²) < 4.78 is 0. The summed E-state index contributed by atoms with van der Waals surface area (Å²) in [5, 5.41) is 13.9. The fraction of sp³-hybridized carbons (Fsp3) is 0.500. The first kappa shape index (κ1) is 14.3. The van der Waals surface area contributed by atoms with Crippen LogP contribution in [0.5, 0.6) is 0 Å². The largest absolute Gasteiger partial charge is 0.384 e. The number of rotatable bonds is 5. The maximum atomic E-state index is 11.4. The number of nitro benzene ring substituents is 1. The molecule has 0 atom stereocenters. The molecule has 1 saturated carbocycles. The molecule has 2 rings (SSSR count). The van der Waals surface area contributed by atoms with Gasteiger partial charge in [-0.15, -0.1) is 0 Å². The van der Waals surface area contributed by atoms with E-state index in [0.717, 1.165) is 6.54 Å². The molecule has 1 aliphatic carbocycles. The van der Waals surface area contributed by atoms with Crippen molar-refractivity contribution >= 4 is 17.3 Å². The van der Waals surface area contributed by atoms with Crippen LogP contribution in [-0.4, -0.2) is 17.4 Å². The molecule has 20 heavy (non-hydrogen) atoms. The van der Waals surface area contributed by atoms with E-state index in [9.17, 15) is 14.9 Å². The number of non-ortho nitro benzene ring substituents is 1. The molecule has 0 spiro atoms. The second-order valence-electron chi connectivity index (χ2n) is 5.24. The minimum Gasteiger partial charge on any atom is -0.384 e. The zero-order chi connectivity index (χ0) is 14.5. The summed E-state index contributed by atoms with van der Waals surface area (Å²) in [6, 6.07) is 4.17. The third kappa shape index (κ3) is 3.46. The van der Waals surface area contributed by atoms with Crippen LogP contribution < -0.4 is 11.1 Å². The fourth-order valence-corrected chi connectivity index (χ4v) is 2.65. The quantitative estimate of drug-likeness (QED) is 0.638. The van der Waals surface area contributed by atoms with Crippen molar-refractivity contribution in [2.45, 2.75) is 32.1 Å². The predicted molar refractivity (Wildman–Crippen MR) is 76.7 cm³/mol. The van der Waals surface area contributed by atoms with E-state index < -0.39 is 10.8 Å². The summed E-state index contributed by atoms with van der Waals surface area (Å²) in [7, 11) is 0. The van der Waals surface area contributed by atoms with Crippen molar-refractivity contribution < 1.29 is 9.72 Å². The lowest BCUT2D eigenvalue weighted by Gasteiger charge is -2.22. The van der Waals surface area contributed by atoms with Gasteiger partial charge < -0.3 is 11.1 Å². The standard InChI is InChI=1S/C14H19N3O3/c15-14(18)12-8-11(17(19)20)6-7-13(12)16-9-10-4-2-1-3-5-10/h6-8,10,16H,1-5,9H2,(H2,15,18). The van der Waals surface area contributed by atoms with Gasteiger partial charge in [0, 0.05) is 24.4 Å². The van der Waals surface area contributed by atoms with Gasteiger partial charge in [-0.05, 0) is 24.8 Å². The molecule has 1 aliphatic rings. The number of amides is 1. The number of benzene rings is 1. The second-order valence-corrected chi connectivity index (χ2v) is 5.24. The highest BCUT2D eigenvalue weighted by Crippen LogP contribution is 2.26. The van der Waals surface area contributed by atoms with Crippen LogP contribution in [0.25, 0.3) is 0 Å². The van der Waals surface area contributed by atoms with Crippen molar-refractivity contribution in [3.63, 3.8) is 0 Å². The van der Waals surface area contributed by atoms with Gasteiger partial charge in [-0.1, -0.05) is 19.3 Å². The van der Waals surface area contributed by atoms with Crippen molar-refractivity contribution in [1.82, 2.24) is 0 Å². The van der Waals surface area contributed by atoms with E-state index in [1.165, 1.54) is 44.2 Å². The van der Waals surface area contributed by atoms with E-state index >= 15 is 0 Å². The molecule has 0 unspecified atom stereocenters. The van der Waals surface area contributed by atoms with Crippen LogP contribution in [-0.2, 0) is 0 Å². The first-order valence-electron chi connectivity index (χ1n) is 6.90. The Labute approximate surface area is 117 Å². The third-order valence-electron chi connectivity index (χ3n) is 3.79. The topological polar surface area (TPSA) is 98.3 Å². The van der Waals surface area contributed by atoms with Gasteiger partial charge in [-0.25, -0.2) is 0 Å². The summed E-state index contributed by atoms with van der Waals surface area (Å²) in [6.07, 6.45) is 6.16. The van der Waals surface area contributed by atoms with Gasteiger partial charge in [0.1, 0.15) is 0 Å². The van der Waals surface area contributed by atoms with Crippen LogP contribution >= 0.6 is 0 Å². The van der Waals surface area contributed by atoms with Gasteiger partial charge >= 0.3 is 0 Å². The lowest BCUT2D eigenvalue weighted by molar-refractivity contribution is -0.384. The molecule has 0 saturated heterocycles. The lowest BCUT2D eigenvalue weighted by Crippen LogP contribution is -2.20. The number of nitrogens with zero attached hydrogens (tertiary/aromatic N) is 1. The zero-order valence-electron chi connectivity index (χ0n) is 11.3. The maximum Gasteiger partial charge on any atom is 0.270 e. The normalized spacial score (nSPS) is 15.8. The van der Waals surface area contributed by atoms with E-state index in [0.29, 0.717) is 11.6 Å². The number of nitrogens with two attached hydrogens (primary N) is 1. The number of primary amides is 1. The van der Waals surface area contributed by atoms with Gasteiger partial charge in [0.05, 0.1) is 10.5 Å². The Morgan fingerprint density at radius 1 is 1.35 bits per heavy atom. The molecular weight excluding hydrogens is 258 g/mol. The summed E-state index contributed by atoms with van der Waals surface area (Å²) in [6.45, 7) is 0.776. The highest BCUT2D eigenvalue weighted by Gasteiger charge is 2.17. The van der Waals surface area contributed by atoms with Crippen molar-refractivity contribution in [2.24, 2.45) is 11.7 Å².